The number of fused-ring (bicyclic) bond motifs is 2. The van der Waals surface area contributed by atoms with Crippen molar-refractivity contribution in [1.82, 2.24) is 9.47 Å². The van der Waals surface area contributed by atoms with Gasteiger partial charge in [-0.3, -0.25) is 9.59 Å². The quantitative estimate of drug-likeness (QED) is 0.797. The van der Waals surface area contributed by atoms with Gasteiger partial charge in [-0.2, -0.15) is 0 Å². The van der Waals surface area contributed by atoms with Gasteiger partial charge < -0.3 is 14.8 Å². The van der Waals surface area contributed by atoms with Crippen LogP contribution in [0.25, 0.3) is 10.9 Å². The van der Waals surface area contributed by atoms with E-state index in [1.807, 2.05) is 66.3 Å². The van der Waals surface area contributed by atoms with Crippen molar-refractivity contribution in [2.75, 3.05) is 11.9 Å². The second kappa shape index (κ2) is 6.09. The van der Waals surface area contributed by atoms with Crippen molar-refractivity contribution in [2.45, 2.75) is 13.0 Å². The van der Waals surface area contributed by atoms with Crippen molar-refractivity contribution in [2.24, 2.45) is 7.05 Å². The third-order valence-electron chi connectivity index (χ3n) is 4.71. The largest absolute Gasteiger partial charge is 0.350 e. The van der Waals surface area contributed by atoms with Crippen molar-refractivity contribution in [3.63, 3.8) is 0 Å². The van der Waals surface area contributed by atoms with E-state index in [9.17, 15) is 9.59 Å². The van der Waals surface area contributed by atoms with Crippen molar-refractivity contribution < 1.29 is 9.59 Å². The summed E-state index contributed by atoms with van der Waals surface area (Å²) in [4.78, 5) is 26.4. The number of hydrogen-bond acceptors (Lipinski definition) is 2. The maximum absolute atomic E-state index is 12.3. The minimum Gasteiger partial charge on any atom is -0.350 e. The summed E-state index contributed by atoms with van der Waals surface area (Å²) in [5.74, 6) is -0.0753. The zero-order valence-corrected chi connectivity index (χ0v) is 14.0. The lowest BCUT2D eigenvalue weighted by Crippen LogP contribution is -2.28. The molecule has 25 heavy (non-hydrogen) atoms. The molecule has 0 aliphatic carbocycles. The van der Waals surface area contributed by atoms with Crippen molar-refractivity contribution in [3.8, 4) is 0 Å². The molecule has 2 amide bonds. The fraction of sp³-hybridized carbons (Fsp3) is 0.200. The first kappa shape index (κ1) is 15.4. The van der Waals surface area contributed by atoms with E-state index in [-0.39, 0.29) is 18.2 Å². The molecular formula is C20H19N3O2. The third kappa shape index (κ3) is 2.78. The van der Waals surface area contributed by atoms with Gasteiger partial charge in [0.2, 0.25) is 5.91 Å². The average Bonchev–Trinajstić information content (AvgIpc) is 3.15. The summed E-state index contributed by atoms with van der Waals surface area (Å²) in [6.07, 6.45) is 2.25. The van der Waals surface area contributed by atoms with Gasteiger partial charge in [0.1, 0.15) is 0 Å². The molecule has 5 heteroatoms. The van der Waals surface area contributed by atoms with Crippen molar-refractivity contribution in [1.29, 1.82) is 0 Å². The van der Waals surface area contributed by atoms with Crippen LogP contribution in [0.5, 0.6) is 0 Å². The van der Waals surface area contributed by atoms with Gasteiger partial charge in [0, 0.05) is 49.2 Å². The van der Waals surface area contributed by atoms with Gasteiger partial charge in [-0.05, 0) is 29.8 Å². The van der Waals surface area contributed by atoms with Crippen LogP contribution in [0.1, 0.15) is 22.3 Å². The first-order chi connectivity index (χ1) is 12.1. The topological polar surface area (TPSA) is 54.3 Å². The molecular weight excluding hydrogens is 314 g/mol. The Morgan fingerprint density at radius 3 is 2.80 bits per heavy atom. The maximum atomic E-state index is 12.3. The molecule has 1 aliphatic rings. The second-order valence-electron chi connectivity index (χ2n) is 6.35. The van der Waals surface area contributed by atoms with Crippen LogP contribution in [0.4, 0.5) is 5.69 Å². The van der Waals surface area contributed by atoms with Crippen LogP contribution in [0.15, 0.2) is 54.7 Å². The zero-order valence-electron chi connectivity index (χ0n) is 14.0. The molecule has 5 nitrogen and oxygen atoms in total. The summed E-state index contributed by atoms with van der Waals surface area (Å²) >= 11 is 0. The number of benzene rings is 2. The third-order valence-corrected chi connectivity index (χ3v) is 4.71. The van der Waals surface area contributed by atoms with Crippen molar-refractivity contribution >= 4 is 28.4 Å². The van der Waals surface area contributed by atoms with E-state index < -0.39 is 0 Å². The van der Waals surface area contributed by atoms with Gasteiger partial charge in [0.25, 0.3) is 5.91 Å². The van der Waals surface area contributed by atoms with E-state index >= 15 is 0 Å². The molecule has 0 bridgehead atoms. The SMILES string of the molecule is Cn1ccc2c(NC(=O)CCN3Cc4ccccc4C3=O)cccc21. The zero-order chi connectivity index (χ0) is 17.4. The van der Waals surface area contributed by atoms with Gasteiger partial charge in [-0.15, -0.1) is 0 Å². The number of nitrogens with zero attached hydrogens (tertiary/aromatic N) is 2. The van der Waals surface area contributed by atoms with E-state index in [4.69, 9.17) is 0 Å². The Hall–Kier alpha value is -3.08. The number of carbonyl (C=O) groups is 2. The predicted molar refractivity (Wildman–Crippen MR) is 97.3 cm³/mol. The van der Waals surface area contributed by atoms with E-state index in [1.54, 1.807) is 4.90 Å². The summed E-state index contributed by atoms with van der Waals surface area (Å²) in [5, 5.41) is 3.98. The smallest absolute Gasteiger partial charge is 0.254 e. The Morgan fingerprint density at radius 1 is 1.12 bits per heavy atom. The van der Waals surface area contributed by atoms with Crippen molar-refractivity contribution in [3.05, 3.63) is 65.9 Å². The number of nitrogens with one attached hydrogen (secondary N) is 1. The molecule has 1 aliphatic heterocycles. The molecule has 0 unspecified atom stereocenters. The van der Waals surface area contributed by atoms with E-state index in [2.05, 4.69) is 5.32 Å². The summed E-state index contributed by atoms with van der Waals surface area (Å²) in [6.45, 7) is 1.00. The van der Waals surface area contributed by atoms with Crippen LogP contribution in [0.2, 0.25) is 0 Å². The normalized spacial score (nSPS) is 13.3. The highest BCUT2D eigenvalue weighted by atomic mass is 16.2. The average molecular weight is 333 g/mol. The molecule has 2 heterocycles. The summed E-state index contributed by atoms with van der Waals surface area (Å²) in [6, 6.07) is 15.4. The van der Waals surface area contributed by atoms with Gasteiger partial charge in [0.05, 0.1) is 5.69 Å². The molecule has 126 valence electrons. The highest BCUT2D eigenvalue weighted by Crippen LogP contribution is 2.25. The minimum absolute atomic E-state index is 0.00793. The molecule has 1 aromatic heterocycles. The highest BCUT2D eigenvalue weighted by molar-refractivity contribution is 6.02. The van der Waals surface area contributed by atoms with Gasteiger partial charge in [-0.25, -0.2) is 0 Å². The predicted octanol–water partition coefficient (Wildman–Crippen LogP) is 3.16. The molecule has 2 aromatic carbocycles. The molecule has 0 radical (unpaired) electrons. The van der Waals surface area contributed by atoms with E-state index in [0.717, 1.165) is 27.7 Å². The molecule has 4 rings (SSSR count). The molecule has 0 fully saturated rings. The van der Waals surface area contributed by atoms with Crippen LogP contribution in [0, 0.1) is 0 Å². The second-order valence-corrected chi connectivity index (χ2v) is 6.35. The maximum Gasteiger partial charge on any atom is 0.254 e. The van der Waals surface area contributed by atoms with Crippen LogP contribution >= 0.6 is 0 Å². The first-order valence-corrected chi connectivity index (χ1v) is 8.34. The number of rotatable bonds is 4. The van der Waals surface area contributed by atoms with Crippen LogP contribution in [0.3, 0.4) is 0 Å². The Kier molecular flexibility index (Phi) is 3.76. The standard InChI is InChI=1S/C20H19N3O2/c1-22-11-9-16-17(7-4-8-18(16)22)21-19(24)10-12-23-13-14-5-2-3-6-15(14)20(23)25/h2-9,11H,10,12-13H2,1H3,(H,21,24). The molecule has 3 aromatic rings. The molecule has 0 spiro atoms. The highest BCUT2D eigenvalue weighted by Gasteiger charge is 2.26. The Morgan fingerprint density at radius 2 is 1.96 bits per heavy atom. The monoisotopic (exact) mass is 333 g/mol. The molecule has 1 N–H and O–H groups in total. The van der Waals surface area contributed by atoms with Crippen LogP contribution in [-0.2, 0) is 18.4 Å². The Labute approximate surface area is 145 Å². The van der Waals surface area contributed by atoms with E-state index in [0.29, 0.717) is 13.1 Å². The van der Waals surface area contributed by atoms with Gasteiger partial charge in [-0.1, -0.05) is 24.3 Å². The van der Waals surface area contributed by atoms with Gasteiger partial charge in [0.15, 0.2) is 0 Å². The summed E-state index contributed by atoms with van der Waals surface area (Å²) in [5.41, 5.74) is 3.65. The van der Waals surface area contributed by atoms with Gasteiger partial charge >= 0.3 is 0 Å². The Bertz CT molecular complexity index is 974. The number of aryl methyl sites for hydroxylation is 1. The van der Waals surface area contributed by atoms with Crippen LogP contribution < -0.4 is 5.32 Å². The number of carbonyl (C=O) groups excluding carboxylic acids is 2. The summed E-state index contributed by atoms with van der Waals surface area (Å²) < 4.78 is 2.02. The fourth-order valence-corrected chi connectivity index (χ4v) is 3.36. The fourth-order valence-electron chi connectivity index (χ4n) is 3.36. The first-order valence-electron chi connectivity index (χ1n) is 8.34. The number of aromatic nitrogens is 1. The lowest BCUT2D eigenvalue weighted by atomic mass is 10.1. The van der Waals surface area contributed by atoms with Crippen LogP contribution in [-0.4, -0.2) is 27.8 Å². The van der Waals surface area contributed by atoms with E-state index in [1.165, 1.54) is 0 Å². The molecule has 0 atom stereocenters. The Balaban J connectivity index is 1.41. The summed E-state index contributed by atoms with van der Waals surface area (Å²) in [7, 11) is 1.98. The lowest BCUT2D eigenvalue weighted by molar-refractivity contribution is -0.116. The molecule has 0 saturated carbocycles. The number of anilines is 1. The molecule has 0 saturated heterocycles. The lowest BCUT2D eigenvalue weighted by Gasteiger charge is -2.15. The minimum atomic E-state index is -0.0832. The number of amides is 2. The number of hydrogen-bond donors (Lipinski definition) is 1.